The monoisotopic (exact) mass is 345 g/mol. The van der Waals surface area contributed by atoms with Crippen LogP contribution in [-0.2, 0) is 15.0 Å². The molecule has 0 aliphatic carbocycles. The molecular formula is C14H22FN4O3S+. The number of rotatable bonds is 5. The third kappa shape index (κ3) is 4.71. The van der Waals surface area contributed by atoms with Crippen LogP contribution in [0.3, 0.4) is 0 Å². The van der Waals surface area contributed by atoms with E-state index in [1.807, 2.05) is 0 Å². The summed E-state index contributed by atoms with van der Waals surface area (Å²) in [4.78, 5) is 13.0. The van der Waals surface area contributed by atoms with Crippen LogP contribution in [0.4, 0.5) is 10.1 Å². The van der Waals surface area contributed by atoms with Gasteiger partial charge in [0.05, 0.1) is 26.2 Å². The van der Waals surface area contributed by atoms with Crippen LogP contribution in [0, 0.1) is 5.82 Å². The van der Waals surface area contributed by atoms with Gasteiger partial charge in [0.2, 0.25) is 0 Å². The molecule has 2 rings (SSSR count). The first-order chi connectivity index (χ1) is 10.8. The van der Waals surface area contributed by atoms with Crippen molar-refractivity contribution in [3.8, 4) is 0 Å². The lowest BCUT2D eigenvalue weighted by molar-refractivity contribution is -0.895. The molecule has 1 aromatic carbocycles. The Hall–Kier alpha value is -1.55. The largest absolute Gasteiger partial charge is 0.325 e. The molecule has 128 valence electrons. The molecule has 1 fully saturated rings. The lowest BCUT2D eigenvalue weighted by Gasteiger charge is -2.32. The highest BCUT2D eigenvalue weighted by Gasteiger charge is 2.31. The normalized spacial score (nSPS) is 17.4. The summed E-state index contributed by atoms with van der Waals surface area (Å²) in [7, 11) is -0.378. The third-order valence-electron chi connectivity index (χ3n) is 3.76. The number of amides is 1. The molecule has 0 atom stereocenters. The average Bonchev–Trinajstić information content (AvgIpc) is 2.50. The molecule has 0 radical (unpaired) electrons. The van der Waals surface area contributed by atoms with Crippen molar-refractivity contribution in [2.24, 2.45) is 0 Å². The van der Waals surface area contributed by atoms with Crippen molar-refractivity contribution < 1.29 is 22.5 Å². The Kier molecular flexibility index (Phi) is 5.69. The molecule has 9 heteroatoms. The minimum atomic E-state index is -3.39. The lowest BCUT2D eigenvalue weighted by atomic mass is 10.3. The highest BCUT2D eigenvalue weighted by Crippen LogP contribution is 2.07. The van der Waals surface area contributed by atoms with Gasteiger partial charge in [0.15, 0.2) is 6.54 Å². The number of carbonyl (C=O) groups is 1. The Morgan fingerprint density at radius 3 is 2.35 bits per heavy atom. The van der Waals surface area contributed by atoms with Gasteiger partial charge in [-0.1, -0.05) is 0 Å². The first-order valence-electron chi connectivity index (χ1n) is 7.35. The minimum absolute atomic E-state index is 0.171. The molecule has 1 aromatic rings. The van der Waals surface area contributed by atoms with Crippen molar-refractivity contribution in [2.45, 2.75) is 0 Å². The zero-order valence-corrected chi connectivity index (χ0v) is 14.1. The van der Waals surface area contributed by atoms with Gasteiger partial charge in [-0.2, -0.15) is 17.0 Å². The van der Waals surface area contributed by atoms with Gasteiger partial charge in [0.1, 0.15) is 5.82 Å². The molecule has 1 aliphatic heterocycles. The second-order valence-corrected chi connectivity index (χ2v) is 7.81. The van der Waals surface area contributed by atoms with E-state index in [2.05, 4.69) is 5.32 Å². The zero-order valence-electron chi connectivity index (χ0n) is 13.3. The van der Waals surface area contributed by atoms with E-state index in [0.29, 0.717) is 31.9 Å². The van der Waals surface area contributed by atoms with Gasteiger partial charge in [-0.15, -0.1) is 0 Å². The summed E-state index contributed by atoms with van der Waals surface area (Å²) in [6.07, 6.45) is 0. The van der Waals surface area contributed by atoms with Crippen molar-refractivity contribution in [2.75, 3.05) is 52.1 Å². The molecule has 0 aromatic heterocycles. The number of benzene rings is 1. The van der Waals surface area contributed by atoms with Crippen molar-refractivity contribution in [3.63, 3.8) is 0 Å². The smallest absolute Gasteiger partial charge is 0.281 e. The summed E-state index contributed by atoms with van der Waals surface area (Å²) in [5.41, 5.74) is 0.546. The number of nitrogens with zero attached hydrogens (tertiary/aromatic N) is 2. The Balaban J connectivity index is 1.82. The van der Waals surface area contributed by atoms with Crippen LogP contribution >= 0.6 is 0 Å². The number of anilines is 1. The zero-order chi connectivity index (χ0) is 17.0. The van der Waals surface area contributed by atoms with Gasteiger partial charge in [-0.05, 0) is 24.3 Å². The maximum atomic E-state index is 12.8. The van der Waals surface area contributed by atoms with E-state index in [-0.39, 0.29) is 18.3 Å². The first-order valence-corrected chi connectivity index (χ1v) is 8.75. The topological polar surface area (TPSA) is 74.2 Å². The average molecular weight is 345 g/mol. The van der Waals surface area contributed by atoms with Crippen LogP contribution in [0.2, 0.25) is 0 Å². The third-order valence-corrected chi connectivity index (χ3v) is 5.70. The number of nitrogens with one attached hydrogen (secondary N) is 2. The van der Waals surface area contributed by atoms with Crippen LogP contribution < -0.4 is 10.2 Å². The molecule has 23 heavy (non-hydrogen) atoms. The Bertz CT molecular complexity index is 640. The number of piperazine rings is 1. The van der Waals surface area contributed by atoms with Crippen LogP contribution in [0.1, 0.15) is 0 Å². The summed E-state index contributed by atoms with van der Waals surface area (Å²) < 4.78 is 39.5. The van der Waals surface area contributed by atoms with Crippen molar-refractivity contribution >= 4 is 21.8 Å². The SMILES string of the molecule is CN(C)S(=O)(=O)N1CC[NH+](CC(=O)Nc2ccc(F)cc2)CC1. The van der Waals surface area contributed by atoms with Gasteiger partial charge in [0, 0.05) is 19.8 Å². The molecule has 1 saturated heterocycles. The van der Waals surface area contributed by atoms with Gasteiger partial charge in [-0.3, -0.25) is 4.79 Å². The van der Waals surface area contributed by atoms with E-state index in [9.17, 15) is 17.6 Å². The summed E-state index contributed by atoms with van der Waals surface area (Å²) in [5.74, 6) is -0.526. The van der Waals surface area contributed by atoms with E-state index in [1.54, 1.807) is 0 Å². The van der Waals surface area contributed by atoms with Gasteiger partial charge in [0.25, 0.3) is 16.1 Å². The van der Waals surface area contributed by atoms with Crippen molar-refractivity contribution in [1.82, 2.24) is 8.61 Å². The van der Waals surface area contributed by atoms with E-state index >= 15 is 0 Å². The van der Waals surface area contributed by atoms with E-state index in [1.165, 1.54) is 47.0 Å². The summed E-state index contributed by atoms with van der Waals surface area (Å²) in [5, 5.41) is 2.71. The van der Waals surface area contributed by atoms with Crippen LogP contribution in [0.5, 0.6) is 0 Å². The van der Waals surface area contributed by atoms with Gasteiger partial charge < -0.3 is 10.2 Å². The summed E-state index contributed by atoms with van der Waals surface area (Å²) >= 11 is 0. The molecule has 7 nitrogen and oxygen atoms in total. The Morgan fingerprint density at radius 2 is 1.83 bits per heavy atom. The van der Waals surface area contributed by atoms with Crippen LogP contribution in [0.25, 0.3) is 0 Å². The fourth-order valence-electron chi connectivity index (χ4n) is 2.41. The molecule has 0 saturated carbocycles. The number of halogens is 1. The van der Waals surface area contributed by atoms with Gasteiger partial charge in [-0.25, -0.2) is 4.39 Å². The van der Waals surface area contributed by atoms with Crippen LogP contribution in [-0.4, -0.2) is 69.8 Å². The number of hydrogen-bond acceptors (Lipinski definition) is 3. The first kappa shape index (κ1) is 17.8. The Labute approximate surface area is 135 Å². The predicted octanol–water partition coefficient (Wildman–Crippen LogP) is -1.23. The highest BCUT2D eigenvalue weighted by molar-refractivity contribution is 7.86. The summed E-state index contributed by atoms with van der Waals surface area (Å²) in [6.45, 7) is 2.18. The molecule has 1 amide bonds. The van der Waals surface area contributed by atoms with Crippen molar-refractivity contribution in [3.05, 3.63) is 30.1 Å². The van der Waals surface area contributed by atoms with E-state index in [4.69, 9.17) is 0 Å². The molecule has 0 spiro atoms. The lowest BCUT2D eigenvalue weighted by Crippen LogP contribution is -3.15. The highest BCUT2D eigenvalue weighted by atomic mass is 32.2. The maximum absolute atomic E-state index is 12.8. The number of hydrogen-bond donors (Lipinski definition) is 2. The molecule has 1 heterocycles. The predicted molar refractivity (Wildman–Crippen MR) is 84.8 cm³/mol. The number of carbonyl (C=O) groups excluding carboxylic acids is 1. The summed E-state index contributed by atoms with van der Waals surface area (Å²) in [6, 6.07) is 5.58. The Morgan fingerprint density at radius 1 is 1.26 bits per heavy atom. The minimum Gasteiger partial charge on any atom is -0.325 e. The second kappa shape index (κ2) is 7.35. The van der Waals surface area contributed by atoms with Gasteiger partial charge >= 0.3 is 0 Å². The maximum Gasteiger partial charge on any atom is 0.281 e. The molecule has 2 N–H and O–H groups in total. The molecule has 0 unspecified atom stereocenters. The van der Waals surface area contributed by atoms with E-state index in [0.717, 1.165) is 4.90 Å². The molecular weight excluding hydrogens is 323 g/mol. The van der Waals surface area contributed by atoms with Crippen LogP contribution in [0.15, 0.2) is 24.3 Å². The van der Waals surface area contributed by atoms with Crippen molar-refractivity contribution in [1.29, 1.82) is 0 Å². The fourth-order valence-corrected chi connectivity index (χ4v) is 3.51. The molecule has 1 aliphatic rings. The molecule has 0 bridgehead atoms. The number of quaternary nitrogens is 1. The standard InChI is InChI=1S/C14H21FN4O3S/c1-17(2)23(21,22)19-9-7-18(8-10-19)11-14(20)16-13-5-3-12(15)4-6-13/h3-6H,7-11H2,1-2H3,(H,16,20)/p+1. The van der Waals surface area contributed by atoms with E-state index < -0.39 is 10.2 Å². The fraction of sp³-hybridized carbons (Fsp3) is 0.500. The second-order valence-electron chi connectivity index (χ2n) is 5.67. The quantitative estimate of drug-likeness (QED) is 0.702.